The molecule has 0 aromatic carbocycles. The van der Waals surface area contributed by atoms with Crippen molar-refractivity contribution in [3.05, 3.63) is 34.0 Å². The number of carbonyl (C=O) groups is 3. The highest BCUT2D eigenvalue weighted by atomic mass is 32.1. The van der Waals surface area contributed by atoms with Crippen LogP contribution in [0.3, 0.4) is 0 Å². The molecule has 1 amide bonds. The third kappa shape index (κ3) is 3.93. The Morgan fingerprint density at radius 1 is 1.38 bits per heavy atom. The summed E-state index contributed by atoms with van der Waals surface area (Å²) in [7, 11) is 0. The zero-order chi connectivity index (χ0) is 19.4. The summed E-state index contributed by atoms with van der Waals surface area (Å²) in [5, 5.41) is 16.1. The minimum absolute atomic E-state index is 0.00269. The lowest BCUT2D eigenvalue weighted by atomic mass is 10.1. The van der Waals surface area contributed by atoms with Gasteiger partial charge in [0.05, 0.1) is 23.9 Å². The first-order valence-corrected chi connectivity index (χ1v) is 8.99. The van der Waals surface area contributed by atoms with Crippen LogP contribution in [0.5, 0.6) is 0 Å². The van der Waals surface area contributed by atoms with Crippen LogP contribution >= 0.6 is 11.3 Å². The zero-order valence-corrected chi connectivity index (χ0v) is 15.8. The number of thiophene rings is 1. The number of hydrogen-bond acceptors (Lipinski definition) is 6. The first kappa shape index (κ1) is 19.6. The van der Waals surface area contributed by atoms with E-state index < -0.39 is 23.9 Å². The molecule has 26 heavy (non-hydrogen) atoms. The highest BCUT2D eigenvalue weighted by molar-refractivity contribution is 7.16. The molecule has 8 nitrogen and oxygen atoms in total. The third-order valence-corrected chi connectivity index (χ3v) is 4.97. The van der Waals surface area contributed by atoms with Crippen LogP contribution in [0, 0.1) is 6.92 Å². The first-order valence-electron chi connectivity index (χ1n) is 8.17. The maximum absolute atomic E-state index is 12.6. The van der Waals surface area contributed by atoms with Gasteiger partial charge in [0.1, 0.15) is 11.0 Å². The van der Waals surface area contributed by atoms with Crippen LogP contribution in [-0.2, 0) is 16.0 Å². The van der Waals surface area contributed by atoms with Crippen molar-refractivity contribution in [2.24, 2.45) is 0 Å². The Hall–Kier alpha value is -2.68. The van der Waals surface area contributed by atoms with Crippen LogP contribution < -0.4 is 5.32 Å². The SMILES string of the molecule is CCOC(=O)c1c(NC(=O)C(C)n2cc(C(=O)O)cn2)sc(C)c1CC. The minimum atomic E-state index is -1.12. The summed E-state index contributed by atoms with van der Waals surface area (Å²) in [4.78, 5) is 36.8. The van der Waals surface area contributed by atoms with E-state index in [9.17, 15) is 14.4 Å². The van der Waals surface area contributed by atoms with Gasteiger partial charge in [-0.2, -0.15) is 5.10 Å². The Labute approximate surface area is 154 Å². The molecule has 0 radical (unpaired) electrons. The number of carbonyl (C=O) groups excluding carboxylic acids is 2. The molecule has 2 rings (SSSR count). The van der Waals surface area contributed by atoms with E-state index in [-0.39, 0.29) is 12.2 Å². The van der Waals surface area contributed by atoms with Crippen molar-refractivity contribution in [3.63, 3.8) is 0 Å². The van der Waals surface area contributed by atoms with Crippen molar-refractivity contribution in [1.82, 2.24) is 9.78 Å². The molecule has 2 aromatic rings. The molecule has 2 N–H and O–H groups in total. The molecule has 2 aromatic heterocycles. The van der Waals surface area contributed by atoms with Crippen molar-refractivity contribution in [1.29, 1.82) is 0 Å². The molecule has 140 valence electrons. The highest BCUT2D eigenvalue weighted by Crippen LogP contribution is 2.34. The number of carboxylic acids is 1. The van der Waals surface area contributed by atoms with E-state index >= 15 is 0 Å². The quantitative estimate of drug-likeness (QED) is 0.716. The fourth-order valence-electron chi connectivity index (χ4n) is 2.51. The lowest BCUT2D eigenvalue weighted by Crippen LogP contribution is -2.24. The molecule has 0 aliphatic carbocycles. The smallest absolute Gasteiger partial charge is 0.341 e. The van der Waals surface area contributed by atoms with E-state index in [0.717, 1.165) is 10.4 Å². The van der Waals surface area contributed by atoms with Crippen molar-refractivity contribution in [2.45, 2.75) is 40.2 Å². The molecule has 0 saturated heterocycles. The largest absolute Gasteiger partial charge is 0.478 e. The summed E-state index contributed by atoms with van der Waals surface area (Å²) in [5.74, 6) is -1.99. The van der Waals surface area contributed by atoms with E-state index in [1.165, 1.54) is 28.4 Å². The Morgan fingerprint density at radius 2 is 2.08 bits per heavy atom. The van der Waals surface area contributed by atoms with E-state index in [4.69, 9.17) is 9.84 Å². The minimum Gasteiger partial charge on any atom is -0.478 e. The summed E-state index contributed by atoms with van der Waals surface area (Å²) >= 11 is 1.31. The average Bonchev–Trinajstić information content (AvgIpc) is 3.19. The van der Waals surface area contributed by atoms with Crippen LogP contribution in [0.1, 0.15) is 58.0 Å². The number of carboxylic acid groups (broad SMARTS) is 1. The van der Waals surface area contributed by atoms with Gasteiger partial charge in [-0.25, -0.2) is 9.59 Å². The molecule has 1 atom stereocenters. The number of esters is 1. The molecular formula is C17H21N3O5S. The monoisotopic (exact) mass is 379 g/mol. The third-order valence-electron chi connectivity index (χ3n) is 3.90. The first-order chi connectivity index (χ1) is 12.3. The summed E-state index contributed by atoms with van der Waals surface area (Å²) in [6, 6.07) is -0.745. The van der Waals surface area contributed by atoms with Gasteiger partial charge in [0, 0.05) is 11.1 Å². The van der Waals surface area contributed by atoms with Gasteiger partial charge in [-0.1, -0.05) is 6.92 Å². The van der Waals surface area contributed by atoms with Crippen LogP contribution in [0.15, 0.2) is 12.4 Å². The predicted molar refractivity (Wildman–Crippen MR) is 96.9 cm³/mol. The maximum atomic E-state index is 12.6. The van der Waals surface area contributed by atoms with Gasteiger partial charge >= 0.3 is 11.9 Å². The summed E-state index contributed by atoms with van der Waals surface area (Å²) in [6.45, 7) is 7.38. The summed E-state index contributed by atoms with van der Waals surface area (Å²) < 4.78 is 6.38. The van der Waals surface area contributed by atoms with Crippen molar-refractivity contribution < 1.29 is 24.2 Å². The van der Waals surface area contributed by atoms with E-state index in [1.807, 2.05) is 13.8 Å². The number of aromatic nitrogens is 2. The fraction of sp³-hybridized carbons (Fsp3) is 0.412. The van der Waals surface area contributed by atoms with Crippen LogP contribution in [0.2, 0.25) is 0 Å². The van der Waals surface area contributed by atoms with Gasteiger partial charge in [0.25, 0.3) is 0 Å². The number of nitrogens with one attached hydrogen (secondary N) is 1. The second kappa shape index (κ2) is 8.13. The molecule has 0 aliphatic heterocycles. The molecule has 0 spiro atoms. The normalized spacial score (nSPS) is 11.8. The molecule has 0 aliphatic rings. The van der Waals surface area contributed by atoms with Crippen LogP contribution in [-0.4, -0.2) is 39.3 Å². The number of hydrogen-bond donors (Lipinski definition) is 2. The number of nitrogens with zero attached hydrogens (tertiary/aromatic N) is 2. The number of amides is 1. The maximum Gasteiger partial charge on any atom is 0.341 e. The van der Waals surface area contributed by atoms with E-state index in [0.29, 0.717) is 17.0 Å². The highest BCUT2D eigenvalue weighted by Gasteiger charge is 2.25. The Morgan fingerprint density at radius 3 is 2.62 bits per heavy atom. The van der Waals surface area contributed by atoms with E-state index in [1.54, 1.807) is 13.8 Å². The Kier molecular flexibility index (Phi) is 6.14. The second-order valence-electron chi connectivity index (χ2n) is 5.59. The number of ether oxygens (including phenoxy) is 1. The number of aryl methyl sites for hydroxylation is 1. The second-order valence-corrected chi connectivity index (χ2v) is 6.82. The molecule has 9 heteroatoms. The predicted octanol–water partition coefficient (Wildman–Crippen LogP) is 2.89. The van der Waals surface area contributed by atoms with Crippen molar-refractivity contribution in [3.8, 4) is 0 Å². The average molecular weight is 379 g/mol. The Bertz CT molecular complexity index is 840. The van der Waals surface area contributed by atoms with Gasteiger partial charge in [-0.05, 0) is 32.8 Å². The lowest BCUT2D eigenvalue weighted by molar-refractivity contribution is -0.119. The zero-order valence-electron chi connectivity index (χ0n) is 15.0. The van der Waals surface area contributed by atoms with Crippen molar-refractivity contribution >= 4 is 34.2 Å². The molecular weight excluding hydrogens is 358 g/mol. The van der Waals surface area contributed by atoms with Gasteiger partial charge in [-0.15, -0.1) is 11.3 Å². The number of anilines is 1. The molecule has 0 saturated carbocycles. The number of aromatic carboxylic acids is 1. The van der Waals surface area contributed by atoms with Gasteiger partial charge in [0.15, 0.2) is 0 Å². The van der Waals surface area contributed by atoms with Crippen LogP contribution in [0.4, 0.5) is 5.00 Å². The van der Waals surface area contributed by atoms with Gasteiger partial charge < -0.3 is 15.2 Å². The van der Waals surface area contributed by atoms with Crippen LogP contribution in [0.25, 0.3) is 0 Å². The van der Waals surface area contributed by atoms with Gasteiger partial charge in [0.2, 0.25) is 5.91 Å². The summed E-state index contributed by atoms with van der Waals surface area (Å²) in [6.07, 6.45) is 3.11. The van der Waals surface area contributed by atoms with Gasteiger partial charge in [-0.3, -0.25) is 9.48 Å². The molecule has 1 unspecified atom stereocenters. The summed E-state index contributed by atoms with van der Waals surface area (Å²) in [5.41, 5.74) is 1.23. The molecule has 0 fully saturated rings. The Balaban J connectivity index is 2.27. The number of rotatable bonds is 7. The molecule has 0 bridgehead atoms. The standard InChI is InChI=1S/C17H21N3O5S/c1-5-12-10(4)26-15(13(12)17(24)25-6-2)19-14(21)9(3)20-8-11(7-18-20)16(22)23/h7-9H,5-6H2,1-4H3,(H,19,21)(H,22,23). The molecule has 2 heterocycles. The lowest BCUT2D eigenvalue weighted by Gasteiger charge is -2.13. The van der Waals surface area contributed by atoms with Crippen molar-refractivity contribution in [2.75, 3.05) is 11.9 Å². The van der Waals surface area contributed by atoms with E-state index in [2.05, 4.69) is 10.4 Å². The fourth-order valence-corrected chi connectivity index (χ4v) is 3.64. The topological polar surface area (TPSA) is 111 Å².